The van der Waals surface area contributed by atoms with E-state index in [1.807, 2.05) is 30.3 Å². The van der Waals surface area contributed by atoms with Crippen LogP contribution in [0.15, 0.2) is 71.8 Å². The molecule has 2 aromatic carbocycles. The van der Waals surface area contributed by atoms with E-state index in [9.17, 15) is 9.59 Å². The van der Waals surface area contributed by atoms with Crippen molar-refractivity contribution in [2.45, 2.75) is 12.8 Å². The van der Waals surface area contributed by atoms with E-state index in [2.05, 4.69) is 10.2 Å². The molecule has 0 spiro atoms. The Morgan fingerprint density at radius 1 is 1.03 bits per heavy atom. The lowest BCUT2D eigenvalue weighted by Gasteiger charge is -2.17. The molecule has 166 valence electrons. The van der Waals surface area contributed by atoms with Crippen LogP contribution in [-0.2, 0) is 4.79 Å². The fourth-order valence-corrected chi connectivity index (χ4v) is 3.93. The molecule has 9 heteroatoms. The maximum atomic E-state index is 15.1. The standard InChI is InChI=1S/C24H20FN5O3/c1-33-21-15-29(19-10-9-17(14-18(19)25)28-13-5-8-22(28)31)27-23(24(21)32)20-11-12-26-30(20)16-6-3-2-4-7-16/h2-4,6-7,9-12,14-15H,5,8,13H2,1H3. The van der Waals surface area contributed by atoms with Crippen LogP contribution in [0.25, 0.3) is 22.8 Å². The molecule has 5 rings (SSSR count). The van der Waals surface area contributed by atoms with Crippen LogP contribution >= 0.6 is 0 Å². The zero-order chi connectivity index (χ0) is 22.9. The Kier molecular flexibility index (Phi) is 5.21. The van der Waals surface area contributed by atoms with Crippen molar-refractivity contribution in [3.05, 3.63) is 83.0 Å². The fraction of sp³-hybridized carbons (Fsp3) is 0.167. The molecule has 0 bridgehead atoms. The van der Waals surface area contributed by atoms with Gasteiger partial charge in [0.15, 0.2) is 17.3 Å². The van der Waals surface area contributed by atoms with Gasteiger partial charge in [-0.15, -0.1) is 0 Å². The molecule has 0 unspecified atom stereocenters. The molecule has 4 aromatic rings. The summed E-state index contributed by atoms with van der Waals surface area (Å²) in [6, 6.07) is 15.5. The third-order valence-electron chi connectivity index (χ3n) is 5.56. The van der Waals surface area contributed by atoms with E-state index >= 15 is 4.39 Å². The first-order chi connectivity index (χ1) is 16.1. The lowest BCUT2D eigenvalue weighted by molar-refractivity contribution is -0.117. The molecule has 1 aliphatic heterocycles. The first-order valence-electron chi connectivity index (χ1n) is 10.4. The Balaban J connectivity index is 1.62. The minimum absolute atomic E-state index is 0.0130. The Hall–Kier alpha value is -4.27. The number of aromatic nitrogens is 4. The van der Waals surface area contributed by atoms with Crippen molar-refractivity contribution in [1.29, 1.82) is 0 Å². The van der Waals surface area contributed by atoms with Crippen LogP contribution < -0.4 is 15.1 Å². The van der Waals surface area contributed by atoms with Crippen molar-refractivity contribution >= 4 is 11.6 Å². The highest BCUT2D eigenvalue weighted by atomic mass is 19.1. The molecule has 8 nitrogen and oxygen atoms in total. The first-order valence-corrected chi connectivity index (χ1v) is 10.4. The fourth-order valence-electron chi connectivity index (χ4n) is 3.93. The summed E-state index contributed by atoms with van der Waals surface area (Å²) >= 11 is 0. The largest absolute Gasteiger partial charge is 0.491 e. The van der Waals surface area contributed by atoms with Gasteiger partial charge in [0.1, 0.15) is 5.69 Å². The van der Waals surface area contributed by atoms with Crippen LogP contribution in [0, 0.1) is 5.82 Å². The maximum Gasteiger partial charge on any atom is 0.251 e. The summed E-state index contributed by atoms with van der Waals surface area (Å²) in [6.45, 7) is 0.565. The van der Waals surface area contributed by atoms with Crippen molar-refractivity contribution in [2.24, 2.45) is 0 Å². The van der Waals surface area contributed by atoms with Gasteiger partial charge in [0.2, 0.25) is 5.91 Å². The SMILES string of the molecule is COc1cn(-c2ccc(N3CCCC3=O)cc2F)nc(-c2ccnn2-c2ccccc2)c1=O. The van der Waals surface area contributed by atoms with Crippen LogP contribution in [0.3, 0.4) is 0 Å². The zero-order valence-corrected chi connectivity index (χ0v) is 17.8. The summed E-state index contributed by atoms with van der Waals surface area (Å²) < 4.78 is 23.3. The summed E-state index contributed by atoms with van der Waals surface area (Å²) in [4.78, 5) is 26.6. The maximum absolute atomic E-state index is 15.1. The second-order valence-electron chi connectivity index (χ2n) is 7.57. The van der Waals surface area contributed by atoms with Crippen LogP contribution in [0.5, 0.6) is 5.75 Å². The quantitative estimate of drug-likeness (QED) is 0.471. The van der Waals surface area contributed by atoms with Crippen molar-refractivity contribution < 1.29 is 13.9 Å². The topological polar surface area (TPSA) is 82.2 Å². The predicted molar refractivity (Wildman–Crippen MR) is 120 cm³/mol. The lowest BCUT2D eigenvalue weighted by Crippen LogP contribution is -2.24. The van der Waals surface area contributed by atoms with Gasteiger partial charge in [0.25, 0.3) is 5.43 Å². The number of nitrogens with zero attached hydrogens (tertiary/aromatic N) is 5. The molecule has 0 aliphatic carbocycles. The number of amides is 1. The number of anilines is 1. The molecule has 0 atom stereocenters. The Morgan fingerprint density at radius 3 is 2.55 bits per heavy atom. The summed E-state index contributed by atoms with van der Waals surface area (Å²) in [6.07, 6.45) is 4.11. The van der Waals surface area contributed by atoms with E-state index in [0.717, 1.165) is 12.1 Å². The average molecular weight is 445 g/mol. The van der Waals surface area contributed by atoms with Crippen LogP contribution in [0.4, 0.5) is 10.1 Å². The van der Waals surface area contributed by atoms with Crippen molar-refractivity contribution in [1.82, 2.24) is 19.6 Å². The lowest BCUT2D eigenvalue weighted by atomic mass is 10.2. The number of hydrogen-bond acceptors (Lipinski definition) is 5. The van der Waals surface area contributed by atoms with Gasteiger partial charge in [-0.05, 0) is 42.8 Å². The molecular weight excluding hydrogens is 425 g/mol. The third kappa shape index (κ3) is 3.67. The minimum Gasteiger partial charge on any atom is -0.491 e. The van der Waals surface area contributed by atoms with Gasteiger partial charge in [-0.25, -0.2) is 13.8 Å². The van der Waals surface area contributed by atoms with Crippen molar-refractivity contribution in [3.63, 3.8) is 0 Å². The molecule has 0 radical (unpaired) electrons. The van der Waals surface area contributed by atoms with Crippen LogP contribution in [0.1, 0.15) is 12.8 Å². The second-order valence-corrected chi connectivity index (χ2v) is 7.57. The van der Waals surface area contributed by atoms with E-state index in [4.69, 9.17) is 4.74 Å². The molecule has 3 heterocycles. The van der Waals surface area contributed by atoms with Gasteiger partial charge in [-0.3, -0.25) is 9.59 Å². The number of carbonyl (C=O) groups excluding carboxylic acids is 1. The summed E-state index contributed by atoms with van der Waals surface area (Å²) in [5.74, 6) is -0.589. The van der Waals surface area contributed by atoms with E-state index in [0.29, 0.717) is 24.3 Å². The number of halogens is 1. The molecule has 0 saturated carbocycles. The minimum atomic E-state index is -0.576. The number of ether oxygens (including phenoxy) is 1. The summed E-state index contributed by atoms with van der Waals surface area (Å²) in [5, 5.41) is 8.74. The summed E-state index contributed by atoms with van der Waals surface area (Å²) in [5.41, 5.74) is 1.43. The van der Waals surface area contributed by atoms with E-state index in [-0.39, 0.29) is 23.0 Å². The van der Waals surface area contributed by atoms with Crippen LogP contribution in [0.2, 0.25) is 0 Å². The molecule has 33 heavy (non-hydrogen) atoms. The van der Waals surface area contributed by atoms with Gasteiger partial charge in [-0.1, -0.05) is 18.2 Å². The predicted octanol–water partition coefficient (Wildman–Crippen LogP) is 3.36. The molecule has 1 saturated heterocycles. The number of hydrogen-bond donors (Lipinski definition) is 0. The highest BCUT2D eigenvalue weighted by Gasteiger charge is 2.23. The average Bonchev–Trinajstić information content (AvgIpc) is 3.49. The van der Waals surface area contributed by atoms with E-state index in [1.54, 1.807) is 27.9 Å². The molecule has 0 N–H and O–H groups in total. The van der Waals surface area contributed by atoms with Gasteiger partial charge in [0, 0.05) is 18.7 Å². The molecular formula is C24H20FN5O3. The molecule has 1 fully saturated rings. The Bertz CT molecular complexity index is 1400. The van der Waals surface area contributed by atoms with Gasteiger partial charge >= 0.3 is 0 Å². The van der Waals surface area contributed by atoms with E-state index in [1.165, 1.54) is 30.1 Å². The van der Waals surface area contributed by atoms with Gasteiger partial charge in [-0.2, -0.15) is 10.2 Å². The monoisotopic (exact) mass is 445 g/mol. The van der Waals surface area contributed by atoms with Crippen molar-refractivity contribution in [2.75, 3.05) is 18.6 Å². The Labute approximate surface area is 188 Å². The highest BCUT2D eigenvalue weighted by Crippen LogP contribution is 2.26. The normalized spacial score (nSPS) is 13.5. The zero-order valence-electron chi connectivity index (χ0n) is 17.8. The number of carbonyl (C=O) groups is 1. The number of para-hydroxylation sites is 1. The smallest absolute Gasteiger partial charge is 0.251 e. The molecule has 1 aliphatic rings. The second kappa shape index (κ2) is 8.34. The van der Waals surface area contributed by atoms with Gasteiger partial charge < -0.3 is 9.64 Å². The number of methoxy groups -OCH3 is 1. The molecule has 2 aromatic heterocycles. The van der Waals surface area contributed by atoms with E-state index < -0.39 is 11.2 Å². The van der Waals surface area contributed by atoms with Crippen molar-refractivity contribution in [3.8, 4) is 28.5 Å². The third-order valence-corrected chi connectivity index (χ3v) is 5.56. The first kappa shape index (κ1) is 20.6. The van der Waals surface area contributed by atoms with Crippen LogP contribution in [-0.4, -0.2) is 39.1 Å². The Morgan fingerprint density at radius 2 is 1.85 bits per heavy atom. The number of rotatable bonds is 5. The number of benzene rings is 2. The van der Waals surface area contributed by atoms with Gasteiger partial charge in [0.05, 0.1) is 30.9 Å². The highest BCUT2D eigenvalue weighted by molar-refractivity contribution is 5.95. The molecule has 1 amide bonds. The summed E-state index contributed by atoms with van der Waals surface area (Å²) in [7, 11) is 1.37.